The lowest BCUT2D eigenvalue weighted by Gasteiger charge is -2.50. The molecule has 3 aliphatic rings. The fourth-order valence-electron chi connectivity index (χ4n) is 4.74. The third kappa shape index (κ3) is 1.59. The molecule has 22 heavy (non-hydrogen) atoms. The summed E-state index contributed by atoms with van der Waals surface area (Å²) in [4.78, 5) is 18.5. The van der Waals surface area contributed by atoms with Crippen LogP contribution in [0.15, 0.2) is 24.3 Å². The number of piperidine rings is 1. The van der Waals surface area contributed by atoms with Crippen molar-refractivity contribution >= 4 is 16.9 Å². The largest absolute Gasteiger partial charge is 0.462 e. The maximum atomic E-state index is 12.4. The second kappa shape index (κ2) is 4.35. The summed E-state index contributed by atoms with van der Waals surface area (Å²) < 4.78 is 5.61. The Hall–Kier alpha value is -1.81. The summed E-state index contributed by atoms with van der Waals surface area (Å²) in [6.45, 7) is 4.13. The molecule has 0 aliphatic carbocycles. The van der Waals surface area contributed by atoms with Crippen molar-refractivity contribution < 1.29 is 9.53 Å². The normalized spacial score (nSPS) is 34.1. The van der Waals surface area contributed by atoms with Crippen molar-refractivity contribution in [3.8, 4) is 0 Å². The molecule has 4 atom stereocenters. The summed E-state index contributed by atoms with van der Waals surface area (Å²) in [6, 6.07) is 8.65. The second-order valence-electron chi connectivity index (χ2n) is 7.00. The van der Waals surface area contributed by atoms with Gasteiger partial charge in [0, 0.05) is 35.6 Å². The van der Waals surface area contributed by atoms with Gasteiger partial charge in [-0.15, -0.1) is 0 Å². The number of carbonyl (C=O) groups excluding carboxylic acids is 1. The van der Waals surface area contributed by atoms with E-state index in [-0.39, 0.29) is 24.0 Å². The Kier molecular flexibility index (Phi) is 2.51. The lowest BCUT2D eigenvalue weighted by molar-refractivity contribution is -0.177. The number of benzene rings is 1. The average Bonchev–Trinajstić information content (AvgIpc) is 2.91. The summed E-state index contributed by atoms with van der Waals surface area (Å²) in [5.74, 6) is 0.469. The van der Waals surface area contributed by atoms with E-state index in [1.165, 1.54) is 22.2 Å². The van der Waals surface area contributed by atoms with Crippen molar-refractivity contribution in [1.82, 2.24) is 9.88 Å². The van der Waals surface area contributed by atoms with Crippen LogP contribution in [0.5, 0.6) is 0 Å². The van der Waals surface area contributed by atoms with E-state index in [9.17, 15) is 4.79 Å². The van der Waals surface area contributed by atoms with E-state index in [1.54, 1.807) is 0 Å². The minimum Gasteiger partial charge on any atom is -0.462 e. The van der Waals surface area contributed by atoms with Crippen molar-refractivity contribution in [3.05, 3.63) is 35.5 Å². The first-order valence-electron chi connectivity index (χ1n) is 8.26. The highest BCUT2D eigenvalue weighted by atomic mass is 16.5. The fourth-order valence-corrected chi connectivity index (χ4v) is 4.74. The maximum absolute atomic E-state index is 12.4. The number of carbonyl (C=O) groups is 1. The highest BCUT2D eigenvalue weighted by molar-refractivity contribution is 5.86. The molecule has 2 aromatic rings. The van der Waals surface area contributed by atoms with Gasteiger partial charge < -0.3 is 9.72 Å². The molecule has 0 saturated carbocycles. The SMILES string of the molecule is C[C@@H]1OC(=O)[C@H]2C[C@@H]1CN1CCc3c([nH]c4ccccc34)[C@@H]21. The number of aromatic nitrogens is 1. The zero-order chi connectivity index (χ0) is 14.8. The number of hydrogen-bond donors (Lipinski definition) is 1. The number of nitrogens with one attached hydrogen (secondary N) is 1. The van der Waals surface area contributed by atoms with Crippen LogP contribution in [0.1, 0.15) is 30.6 Å². The van der Waals surface area contributed by atoms with Gasteiger partial charge in [0.15, 0.2) is 0 Å². The van der Waals surface area contributed by atoms with Gasteiger partial charge in [0.1, 0.15) is 6.10 Å². The Morgan fingerprint density at radius 2 is 2.18 bits per heavy atom. The monoisotopic (exact) mass is 296 g/mol. The van der Waals surface area contributed by atoms with Gasteiger partial charge in [-0.3, -0.25) is 9.69 Å². The van der Waals surface area contributed by atoms with Gasteiger partial charge in [-0.05, 0) is 31.4 Å². The molecule has 4 heterocycles. The number of rotatable bonds is 0. The number of ether oxygens (including phenoxy) is 1. The first-order chi connectivity index (χ1) is 10.7. The van der Waals surface area contributed by atoms with E-state index in [0.717, 1.165) is 25.9 Å². The van der Waals surface area contributed by atoms with Gasteiger partial charge in [0.05, 0.1) is 12.0 Å². The van der Waals surface area contributed by atoms with Crippen LogP contribution in [-0.2, 0) is 16.0 Å². The van der Waals surface area contributed by atoms with E-state index in [4.69, 9.17) is 4.74 Å². The number of fused-ring (bicyclic) bond motifs is 8. The first kappa shape index (κ1) is 12.7. The molecule has 114 valence electrons. The van der Waals surface area contributed by atoms with Crippen LogP contribution < -0.4 is 0 Å². The number of para-hydroxylation sites is 1. The predicted octanol–water partition coefficient (Wildman–Crippen LogP) is 2.65. The molecule has 5 rings (SSSR count). The number of cyclic esters (lactones) is 1. The highest BCUT2D eigenvalue weighted by Gasteiger charge is 2.49. The number of hydrogen-bond acceptors (Lipinski definition) is 3. The molecule has 0 amide bonds. The second-order valence-corrected chi connectivity index (χ2v) is 7.00. The molecule has 1 aromatic carbocycles. The third-order valence-electron chi connectivity index (χ3n) is 5.86. The number of aromatic amines is 1. The lowest BCUT2D eigenvalue weighted by Crippen LogP contribution is -2.55. The van der Waals surface area contributed by atoms with Gasteiger partial charge in [0.2, 0.25) is 0 Å². The van der Waals surface area contributed by atoms with Crippen molar-refractivity contribution in [3.63, 3.8) is 0 Å². The van der Waals surface area contributed by atoms with Gasteiger partial charge in [-0.25, -0.2) is 0 Å². The summed E-state index contributed by atoms with van der Waals surface area (Å²) in [5.41, 5.74) is 3.85. The van der Waals surface area contributed by atoms with E-state index in [2.05, 4.69) is 34.1 Å². The lowest BCUT2D eigenvalue weighted by atomic mass is 9.75. The molecule has 1 aromatic heterocycles. The summed E-state index contributed by atoms with van der Waals surface area (Å²) >= 11 is 0. The number of nitrogens with zero attached hydrogens (tertiary/aromatic N) is 1. The van der Waals surface area contributed by atoms with Gasteiger partial charge in [-0.2, -0.15) is 0 Å². The Bertz CT molecular complexity index is 766. The predicted molar refractivity (Wildman–Crippen MR) is 83.5 cm³/mol. The quantitative estimate of drug-likeness (QED) is 0.760. The molecule has 2 saturated heterocycles. The molecule has 1 N–H and O–H groups in total. The molecule has 2 bridgehead atoms. The zero-order valence-electron chi connectivity index (χ0n) is 12.7. The molecule has 4 nitrogen and oxygen atoms in total. The third-order valence-corrected chi connectivity index (χ3v) is 5.86. The smallest absolute Gasteiger partial charge is 0.311 e. The molecule has 0 unspecified atom stereocenters. The Labute approximate surface area is 129 Å². The fraction of sp³-hybridized carbons (Fsp3) is 0.500. The summed E-state index contributed by atoms with van der Waals surface area (Å²) in [6.07, 6.45) is 2.10. The van der Waals surface area contributed by atoms with E-state index < -0.39 is 0 Å². The van der Waals surface area contributed by atoms with Crippen LogP contribution in [0.4, 0.5) is 0 Å². The number of esters is 1. The minimum atomic E-state index is -0.0120. The van der Waals surface area contributed by atoms with Crippen LogP contribution in [0, 0.1) is 11.8 Å². The molecule has 3 aliphatic heterocycles. The van der Waals surface area contributed by atoms with Crippen LogP contribution in [0.2, 0.25) is 0 Å². The standard InChI is InChI=1S/C18H20N2O2/c1-10-11-8-14(18(21)22-10)17-16-13(6-7-20(17)9-11)12-4-2-3-5-15(12)19-16/h2-5,10-11,14,17,19H,6-9H2,1H3/t10-,11+,14-,17+/m0/s1. The Morgan fingerprint density at radius 3 is 3.09 bits per heavy atom. The molecule has 4 heteroatoms. The summed E-state index contributed by atoms with van der Waals surface area (Å²) in [7, 11) is 0. The van der Waals surface area contributed by atoms with Crippen molar-refractivity contribution in [2.75, 3.05) is 13.1 Å². The van der Waals surface area contributed by atoms with Crippen molar-refractivity contribution in [1.29, 1.82) is 0 Å². The maximum Gasteiger partial charge on any atom is 0.311 e. The molecule has 0 spiro atoms. The minimum absolute atomic E-state index is 0.00930. The Balaban J connectivity index is 1.65. The van der Waals surface area contributed by atoms with Crippen LogP contribution in [0.3, 0.4) is 0 Å². The molecular weight excluding hydrogens is 276 g/mol. The number of H-pyrrole nitrogens is 1. The van der Waals surface area contributed by atoms with E-state index in [0.29, 0.717) is 5.92 Å². The highest BCUT2D eigenvalue weighted by Crippen LogP contribution is 2.47. The average molecular weight is 296 g/mol. The van der Waals surface area contributed by atoms with Crippen molar-refractivity contribution in [2.45, 2.75) is 31.9 Å². The van der Waals surface area contributed by atoms with Gasteiger partial charge in [0.25, 0.3) is 0 Å². The zero-order valence-corrected chi connectivity index (χ0v) is 12.7. The van der Waals surface area contributed by atoms with Crippen molar-refractivity contribution in [2.24, 2.45) is 11.8 Å². The Morgan fingerprint density at radius 1 is 1.32 bits per heavy atom. The molecule has 2 fully saturated rings. The van der Waals surface area contributed by atoms with E-state index >= 15 is 0 Å². The molecular formula is C18H20N2O2. The topological polar surface area (TPSA) is 45.3 Å². The van der Waals surface area contributed by atoms with Crippen LogP contribution >= 0.6 is 0 Å². The summed E-state index contributed by atoms with van der Waals surface area (Å²) in [5, 5.41) is 1.32. The van der Waals surface area contributed by atoms with Gasteiger partial charge in [-0.1, -0.05) is 18.2 Å². The van der Waals surface area contributed by atoms with Crippen LogP contribution in [-0.4, -0.2) is 35.0 Å². The first-order valence-corrected chi connectivity index (χ1v) is 8.26. The van der Waals surface area contributed by atoms with Crippen LogP contribution in [0.25, 0.3) is 10.9 Å². The van der Waals surface area contributed by atoms with Gasteiger partial charge >= 0.3 is 5.97 Å². The molecule has 0 radical (unpaired) electrons. The van der Waals surface area contributed by atoms with E-state index in [1.807, 2.05) is 6.92 Å².